The summed E-state index contributed by atoms with van der Waals surface area (Å²) in [5.41, 5.74) is 5.36. The number of fused-ring (bicyclic) bond motifs is 6. The van der Waals surface area contributed by atoms with E-state index in [9.17, 15) is 9.59 Å². The molecule has 2 aromatic carbocycles. The lowest BCUT2D eigenvalue weighted by Crippen LogP contribution is -2.49. The Bertz CT molecular complexity index is 1770. The number of benzene rings is 2. The molecule has 56 heavy (non-hydrogen) atoms. The van der Waals surface area contributed by atoms with Crippen LogP contribution in [0.1, 0.15) is 108 Å². The summed E-state index contributed by atoms with van der Waals surface area (Å²) in [6, 6.07) is 10.1. The first-order chi connectivity index (χ1) is 27.0. The lowest BCUT2D eigenvalue weighted by Gasteiger charge is -2.47. The molecular weight excluding hydrogens is 711 g/mol. The molecule has 0 N–H and O–H groups in total. The number of piperidine rings is 2. The van der Waals surface area contributed by atoms with Crippen LogP contribution in [0, 0.1) is 23.7 Å². The highest BCUT2D eigenvalue weighted by Gasteiger charge is 2.43. The molecule has 2 fully saturated rings. The number of hydrogen-bond acceptors (Lipinski definition) is 11. The number of carbonyl (C=O) groups excluding carboxylic acids is 2. The van der Waals surface area contributed by atoms with Gasteiger partial charge in [0.2, 0.25) is 0 Å². The van der Waals surface area contributed by atoms with Crippen molar-refractivity contribution < 1.29 is 38.0 Å². The fraction of sp³-hybridized carbons (Fsp3) is 0.578. The molecule has 0 radical (unpaired) electrons. The van der Waals surface area contributed by atoms with Gasteiger partial charge in [0.25, 0.3) is 0 Å². The van der Waals surface area contributed by atoms with Gasteiger partial charge in [0.1, 0.15) is 12.2 Å². The summed E-state index contributed by atoms with van der Waals surface area (Å²) in [6.45, 7) is 12.4. The van der Waals surface area contributed by atoms with Crippen molar-refractivity contribution in [3.63, 3.8) is 0 Å². The number of carbonyl (C=O) groups is 2. The molecule has 0 bridgehead atoms. The Balaban J connectivity index is 1.09. The third-order valence-electron chi connectivity index (χ3n) is 12.4. The van der Waals surface area contributed by atoms with Gasteiger partial charge in [-0.05, 0) is 90.1 Å². The Hall–Kier alpha value is -4.35. The normalized spacial score (nSPS) is 24.7. The van der Waals surface area contributed by atoms with Gasteiger partial charge in [-0.2, -0.15) is 0 Å². The van der Waals surface area contributed by atoms with E-state index in [4.69, 9.17) is 28.4 Å². The molecule has 0 aliphatic carbocycles. The van der Waals surface area contributed by atoms with Gasteiger partial charge in [-0.25, -0.2) is 9.59 Å². The second kappa shape index (κ2) is 17.0. The molecule has 0 saturated carbocycles. The van der Waals surface area contributed by atoms with Gasteiger partial charge < -0.3 is 28.4 Å². The second-order valence-corrected chi connectivity index (χ2v) is 16.9. The Labute approximate surface area is 331 Å². The Morgan fingerprint density at radius 1 is 0.625 bits per heavy atom. The first kappa shape index (κ1) is 39.9. The molecule has 11 heteroatoms. The van der Waals surface area contributed by atoms with Gasteiger partial charge in [0.05, 0.1) is 39.6 Å². The molecule has 0 unspecified atom stereocenters. The van der Waals surface area contributed by atoms with Gasteiger partial charge in [0, 0.05) is 75.3 Å². The zero-order valence-electron chi connectivity index (χ0n) is 34.3. The molecule has 4 aliphatic heterocycles. The van der Waals surface area contributed by atoms with Crippen molar-refractivity contribution in [2.75, 3.05) is 54.6 Å². The van der Waals surface area contributed by atoms with E-state index in [2.05, 4.69) is 66.7 Å². The van der Waals surface area contributed by atoms with Crippen molar-refractivity contribution in [2.45, 2.75) is 90.5 Å². The maximum absolute atomic E-state index is 14.0. The number of esters is 2. The van der Waals surface area contributed by atoms with Crippen LogP contribution in [-0.4, -0.2) is 93.5 Å². The monoisotopic (exact) mass is 769 g/mol. The van der Waals surface area contributed by atoms with E-state index in [0.717, 1.165) is 63.4 Å². The number of nitrogens with zero attached hydrogens (tertiary/aromatic N) is 3. The van der Waals surface area contributed by atoms with Crippen molar-refractivity contribution in [1.29, 1.82) is 0 Å². The van der Waals surface area contributed by atoms with Crippen molar-refractivity contribution >= 4 is 11.9 Å². The fourth-order valence-corrected chi connectivity index (χ4v) is 9.84. The van der Waals surface area contributed by atoms with Crippen LogP contribution in [0.5, 0.6) is 23.0 Å². The Morgan fingerprint density at radius 3 is 1.39 bits per heavy atom. The summed E-state index contributed by atoms with van der Waals surface area (Å²) in [6.07, 6.45) is 7.42. The van der Waals surface area contributed by atoms with Gasteiger partial charge in [-0.15, -0.1) is 0 Å². The minimum atomic E-state index is -0.475. The van der Waals surface area contributed by atoms with E-state index in [1.807, 2.05) is 0 Å². The highest BCUT2D eigenvalue weighted by molar-refractivity contribution is 5.94. The molecule has 5 heterocycles. The molecule has 11 nitrogen and oxygen atoms in total. The SMILES string of the molecule is COc1cc2c(cc1OC)[C@H]1C[C@@H](OC(=O)c3cncc(C(=O)O[C@@H]4C[C@@H]5c6cc(OC)c(OC)cc6CCN5C[C@H]4CC(C)C)c3)[C@H](CC(C)C)CN1CC2. The van der Waals surface area contributed by atoms with Crippen LogP contribution in [0.15, 0.2) is 42.7 Å². The van der Waals surface area contributed by atoms with Crippen LogP contribution < -0.4 is 18.9 Å². The van der Waals surface area contributed by atoms with Crippen molar-refractivity contribution in [2.24, 2.45) is 23.7 Å². The summed E-state index contributed by atoms with van der Waals surface area (Å²) < 4.78 is 35.3. The highest BCUT2D eigenvalue weighted by Crippen LogP contribution is 2.46. The zero-order valence-corrected chi connectivity index (χ0v) is 34.3. The molecule has 1 aromatic heterocycles. The number of methoxy groups -OCH3 is 4. The van der Waals surface area contributed by atoms with E-state index >= 15 is 0 Å². The predicted octanol–water partition coefficient (Wildman–Crippen LogP) is 7.50. The third kappa shape index (κ3) is 8.21. The quantitative estimate of drug-likeness (QED) is 0.171. The van der Waals surface area contributed by atoms with Crippen LogP contribution in [-0.2, 0) is 22.3 Å². The first-order valence-electron chi connectivity index (χ1n) is 20.3. The molecule has 302 valence electrons. The standard InChI is InChI=1S/C45H59N3O8/c1-26(2)13-32-24-47-11-9-28-16-40(51-5)42(53-7)18-34(28)36(47)20-38(32)55-44(49)30-15-31(23-46-22-30)45(50)56-39-21-37-35-19-43(54-8)41(52-6)17-29(35)10-12-48(37)25-33(39)14-27(3)4/h15-19,22-23,26-27,32-33,36-39H,9-14,20-21,24-25H2,1-8H3/t32-,33-,36-,37-,38-,39-/m1/s1. The van der Waals surface area contributed by atoms with E-state index in [0.29, 0.717) is 36.2 Å². The summed E-state index contributed by atoms with van der Waals surface area (Å²) in [7, 11) is 6.64. The average molecular weight is 770 g/mol. The van der Waals surface area contributed by atoms with Gasteiger partial charge in [-0.3, -0.25) is 14.8 Å². The maximum atomic E-state index is 14.0. The number of rotatable bonds is 12. The molecular formula is C45H59N3O8. The first-order valence-corrected chi connectivity index (χ1v) is 20.3. The highest BCUT2D eigenvalue weighted by atomic mass is 16.6. The van der Waals surface area contributed by atoms with Crippen LogP contribution in [0.4, 0.5) is 0 Å². The van der Waals surface area contributed by atoms with Gasteiger partial charge >= 0.3 is 11.9 Å². The van der Waals surface area contributed by atoms with Crippen LogP contribution >= 0.6 is 0 Å². The van der Waals surface area contributed by atoms with Crippen LogP contribution in [0.2, 0.25) is 0 Å². The lowest BCUT2D eigenvalue weighted by atomic mass is 9.79. The molecule has 4 aliphatic rings. The smallest absolute Gasteiger partial charge is 0.340 e. The van der Waals surface area contributed by atoms with E-state index in [1.54, 1.807) is 34.5 Å². The van der Waals surface area contributed by atoms with Crippen molar-refractivity contribution in [3.05, 3.63) is 76.1 Å². The maximum Gasteiger partial charge on any atom is 0.340 e. The molecule has 6 atom stereocenters. The summed E-state index contributed by atoms with van der Waals surface area (Å²) in [5, 5.41) is 0. The second-order valence-electron chi connectivity index (χ2n) is 16.9. The van der Waals surface area contributed by atoms with E-state index in [-0.39, 0.29) is 47.3 Å². The number of hydrogen-bond donors (Lipinski definition) is 0. The van der Waals surface area contributed by atoms with Crippen molar-refractivity contribution in [3.8, 4) is 23.0 Å². The fourth-order valence-electron chi connectivity index (χ4n) is 9.84. The molecule has 0 spiro atoms. The minimum Gasteiger partial charge on any atom is -0.493 e. The van der Waals surface area contributed by atoms with Crippen LogP contribution in [0.25, 0.3) is 0 Å². The zero-order chi connectivity index (χ0) is 39.7. The Morgan fingerprint density at radius 2 is 1.02 bits per heavy atom. The topological polar surface area (TPSA) is 109 Å². The van der Waals surface area contributed by atoms with Crippen LogP contribution in [0.3, 0.4) is 0 Å². The number of aromatic nitrogens is 1. The Kier molecular flexibility index (Phi) is 12.1. The summed E-state index contributed by atoms with van der Waals surface area (Å²) in [5.74, 6) is 3.13. The number of ether oxygens (including phenoxy) is 6. The van der Waals surface area contributed by atoms with E-state index in [1.165, 1.54) is 34.6 Å². The minimum absolute atomic E-state index is 0.0867. The van der Waals surface area contributed by atoms with Gasteiger partial charge in [-0.1, -0.05) is 27.7 Å². The number of pyridine rings is 1. The van der Waals surface area contributed by atoms with Gasteiger partial charge in [0.15, 0.2) is 23.0 Å². The molecule has 3 aromatic rings. The summed E-state index contributed by atoms with van der Waals surface area (Å²) >= 11 is 0. The lowest BCUT2D eigenvalue weighted by molar-refractivity contribution is -0.0419. The third-order valence-corrected chi connectivity index (χ3v) is 12.4. The molecule has 7 rings (SSSR count). The molecule has 0 amide bonds. The average Bonchev–Trinajstić information content (AvgIpc) is 3.19. The van der Waals surface area contributed by atoms with Crippen molar-refractivity contribution in [1.82, 2.24) is 14.8 Å². The molecule has 2 saturated heterocycles. The van der Waals surface area contributed by atoms with E-state index < -0.39 is 11.9 Å². The predicted molar refractivity (Wildman–Crippen MR) is 213 cm³/mol. The summed E-state index contributed by atoms with van der Waals surface area (Å²) in [4.78, 5) is 37.3. The largest absolute Gasteiger partial charge is 0.493 e.